The highest BCUT2D eigenvalue weighted by atomic mass is 15.1. The lowest BCUT2D eigenvalue weighted by molar-refractivity contribution is 1.13. The van der Waals surface area contributed by atoms with E-state index in [9.17, 15) is 0 Å². The van der Waals surface area contributed by atoms with Crippen molar-refractivity contribution >= 4 is 5.69 Å². The molecule has 0 spiro atoms. The first-order valence-electron chi connectivity index (χ1n) is 4.46. The number of imidazole rings is 1. The van der Waals surface area contributed by atoms with E-state index in [0.29, 0.717) is 0 Å². The first kappa shape index (κ1) is 10.3. The fourth-order valence-corrected chi connectivity index (χ4v) is 0.941. The normalized spacial score (nSPS) is 8.71. The molecule has 0 fully saturated rings. The molecule has 14 heavy (non-hydrogen) atoms. The molecule has 0 aliphatic rings. The number of nitrogens with one attached hydrogen (secondary N) is 1. The first-order valence-corrected chi connectivity index (χ1v) is 4.46. The van der Waals surface area contributed by atoms with Gasteiger partial charge in [0.1, 0.15) is 0 Å². The van der Waals surface area contributed by atoms with E-state index in [4.69, 9.17) is 0 Å². The van der Waals surface area contributed by atoms with Crippen LogP contribution in [0.5, 0.6) is 0 Å². The minimum atomic E-state index is 1.25. The third-order valence-corrected chi connectivity index (χ3v) is 1.68. The van der Waals surface area contributed by atoms with Crippen molar-refractivity contribution in [2.75, 3.05) is 19.0 Å². The van der Waals surface area contributed by atoms with Crippen LogP contribution in [0, 0.1) is 0 Å². The van der Waals surface area contributed by atoms with Crippen molar-refractivity contribution in [1.29, 1.82) is 0 Å². The average Bonchev–Trinajstić information content (AvgIpc) is 2.77. The maximum Gasteiger partial charge on any atom is 0.0919 e. The summed E-state index contributed by atoms with van der Waals surface area (Å²) in [7, 11) is 4.07. The Morgan fingerprint density at radius 3 is 2.14 bits per heavy atom. The van der Waals surface area contributed by atoms with Crippen molar-refractivity contribution < 1.29 is 0 Å². The molecule has 1 N–H and O–H groups in total. The van der Waals surface area contributed by atoms with Crippen molar-refractivity contribution in [1.82, 2.24) is 9.97 Å². The summed E-state index contributed by atoms with van der Waals surface area (Å²) < 4.78 is 0. The summed E-state index contributed by atoms with van der Waals surface area (Å²) in [5, 5.41) is 0. The Bertz CT molecular complexity index is 296. The van der Waals surface area contributed by atoms with Gasteiger partial charge in [-0.2, -0.15) is 0 Å². The molecule has 0 aliphatic heterocycles. The van der Waals surface area contributed by atoms with E-state index in [1.54, 1.807) is 18.7 Å². The fraction of sp³-hybridized carbons (Fsp3) is 0.182. The van der Waals surface area contributed by atoms with E-state index in [2.05, 4.69) is 27.0 Å². The Kier molecular flexibility index (Phi) is 4.27. The zero-order valence-corrected chi connectivity index (χ0v) is 8.51. The molecule has 0 radical (unpaired) electrons. The molecule has 1 aromatic carbocycles. The lowest BCUT2D eigenvalue weighted by Gasteiger charge is -2.10. The predicted molar refractivity (Wildman–Crippen MR) is 59.4 cm³/mol. The molecule has 0 atom stereocenters. The number of hydrogen-bond acceptors (Lipinski definition) is 2. The lowest BCUT2D eigenvalue weighted by Crippen LogP contribution is -2.07. The van der Waals surface area contributed by atoms with E-state index in [-0.39, 0.29) is 0 Å². The largest absolute Gasteiger partial charge is 0.378 e. The molecular weight excluding hydrogens is 174 g/mol. The van der Waals surface area contributed by atoms with E-state index in [1.165, 1.54) is 5.69 Å². The van der Waals surface area contributed by atoms with Crippen LogP contribution < -0.4 is 4.90 Å². The molecule has 2 aromatic rings. The van der Waals surface area contributed by atoms with Crippen molar-refractivity contribution in [3.63, 3.8) is 0 Å². The number of rotatable bonds is 1. The van der Waals surface area contributed by atoms with Gasteiger partial charge in [0, 0.05) is 32.2 Å². The van der Waals surface area contributed by atoms with Gasteiger partial charge < -0.3 is 9.88 Å². The molecular formula is C11H15N3. The summed E-state index contributed by atoms with van der Waals surface area (Å²) in [6.45, 7) is 0. The van der Waals surface area contributed by atoms with Gasteiger partial charge in [0.25, 0.3) is 0 Å². The van der Waals surface area contributed by atoms with E-state index in [1.807, 2.05) is 32.3 Å². The van der Waals surface area contributed by atoms with Crippen LogP contribution in [-0.2, 0) is 0 Å². The number of anilines is 1. The number of para-hydroxylation sites is 1. The minimum absolute atomic E-state index is 1.25. The van der Waals surface area contributed by atoms with E-state index >= 15 is 0 Å². The average molecular weight is 189 g/mol. The Morgan fingerprint density at radius 1 is 1.14 bits per heavy atom. The predicted octanol–water partition coefficient (Wildman–Crippen LogP) is 2.16. The highest BCUT2D eigenvalue weighted by molar-refractivity contribution is 5.43. The first-order chi connectivity index (χ1) is 6.80. The van der Waals surface area contributed by atoms with E-state index < -0.39 is 0 Å². The summed E-state index contributed by atoms with van der Waals surface area (Å²) in [4.78, 5) is 8.50. The molecule has 3 heteroatoms. The van der Waals surface area contributed by atoms with Gasteiger partial charge >= 0.3 is 0 Å². The Labute approximate surface area is 84.4 Å². The highest BCUT2D eigenvalue weighted by Crippen LogP contribution is 2.07. The molecule has 0 aliphatic carbocycles. The quantitative estimate of drug-likeness (QED) is 0.745. The van der Waals surface area contributed by atoms with Crippen LogP contribution in [0.15, 0.2) is 49.1 Å². The maximum atomic E-state index is 3.67. The van der Waals surface area contributed by atoms with Gasteiger partial charge in [0.15, 0.2) is 0 Å². The molecule has 0 unspecified atom stereocenters. The zero-order valence-electron chi connectivity index (χ0n) is 8.51. The van der Waals surface area contributed by atoms with Gasteiger partial charge in [0.2, 0.25) is 0 Å². The number of H-pyrrole nitrogens is 1. The zero-order chi connectivity index (χ0) is 10.2. The van der Waals surface area contributed by atoms with Crippen LogP contribution in [0.1, 0.15) is 0 Å². The Hall–Kier alpha value is -1.77. The molecule has 2 rings (SSSR count). The number of hydrogen-bond donors (Lipinski definition) is 1. The monoisotopic (exact) mass is 189 g/mol. The van der Waals surface area contributed by atoms with Crippen LogP contribution >= 0.6 is 0 Å². The van der Waals surface area contributed by atoms with E-state index in [0.717, 1.165) is 0 Å². The van der Waals surface area contributed by atoms with Crippen LogP contribution in [0.3, 0.4) is 0 Å². The third kappa shape index (κ3) is 3.76. The SMILES string of the molecule is CN(C)c1ccccc1.c1c[nH]cn1. The van der Waals surface area contributed by atoms with Gasteiger partial charge in [0.05, 0.1) is 6.33 Å². The molecule has 0 amide bonds. The number of aromatic nitrogens is 2. The maximum absolute atomic E-state index is 3.67. The molecule has 3 nitrogen and oxygen atoms in total. The molecule has 0 saturated carbocycles. The Morgan fingerprint density at radius 2 is 1.86 bits per heavy atom. The molecule has 1 aromatic heterocycles. The fourth-order valence-electron chi connectivity index (χ4n) is 0.941. The molecule has 1 heterocycles. The van der Waals surface area contributed by atoms with Crippen molar-refractivity contribution in [3.05, 3.63) is 49.1 Å². The van der Waals surface area contributed by atoms with Crippen molar-refractivity contribution in [2.45, 2.75) is 0 Å². The number of benzene rings is 1. The van der Waals surface area contributed by atoms with Gasteiger partial charge in [-0.15, -0.1) is 0 Å². The Balaban J connectivity index is 0.000000165. The third-order valence-electron chi connectivity index (χ3n) is 1.68. The number of aromatic amines is 1. The highest BCUT2D eigenvalue weighted by Gasteiger charge is 1.87. The topological polar surface area (TPSA) is 31.9 Å². The van der Waals surface area contributed by atoms with Gasteiger partial charge in [-0.05, 0) is 12.1 Å². The second-order valence-electron chi connectivity index (χ2n) is 2.99. The molecule has 74 valence electrons. The second-order valence-corrected chi connectivity index (χ2v) is 2.99. The van der Waals surface area contributed by atoms with Gasteiger partial charge in [-0.1, -0.05) is 18.2 Å². The van der Waals surface area contributed by atoms with Gasteiger partial charge in [-0.25, -0.2) is 4.98 Å². The summed E-state index contributed by atoms with van der Waals surface area (Å²) in [5.41, 5.74) is 1.25. The van der Waals surface area contributed by atoms with Gasteiger partial charge in [-0.3, -0.25) is 0 Å². The minimum Gasteiger partial charge on any atom is -0.378 e. The summed E-state index contributed by atoms with van der Waals surface area (Å²) in [6, 6.07) is 10.3. The smallest absolute Gasteiger partial charge is 0.0919 e. The second kappa shape index (κ2) is 5.80. The van der Waals surface area contributed by atoms with Crippen molar-refractivity contribution in [2.24, 2.45) is 0 Å². The number of nitrogens with zero attached hydrogens (tertiary/aromatic N) is 2. The summed E-state index contributed by atoms with van der Waals surface area (Å²) >= 11 is 0. The molecule has 0 bridgehead atoms. The van der Waals surface area contributed by atoms with Crippen molar-refractivity contribution in [3.8, 4) is 0 Å². The lowest BCUT2D eigenvalue weighted by atomic mass is 10.3. The standard InChI is InChI=1S/C8H11N.C3H4N2/c1-9(2)8-6-4-3-5-7-8;1-2-5-3-4-1/h3-7H,1-2H3;1-3H,(H,4,5). The summed E-state index contributed by atoms with van der Waals surface area (Å²) in [6.07, 6.45) is 5.08. The summed E-state index contributed by atoms with van der Waals surface area (Å²) in [5.74, 6) is 0. The van der Waals surface area contributed by atoms with Crippen LogP contribution in [-0.4, -0.2) is 24.1 Å². The molecule has 0 saturated heterocycles. The van der Waals surface area contributed by atoms with Crippen LogP contribution in [0.4, 0.5) is 5.69 Å². The van der Waals surface area contributed by atoms with Crippen LogP contribution in [0.2, 0.25) is 0 Å². The van der Waals surface area contributed by atoms with Crippen LogP contribution in [0.25, 0.3) is 0 Å².